The summed E-state index contributed by atoms with van der Waals surface area (Å²) in [5.41, 5.74) is 4.15. The fraction of sp³-hybridized carbons (Fsp3) is 0.294. The van der Waals surface area contributed by atoms with Crippen LogP contribution in [-0.2, 0) is 6.54 Å². The molecule has 0 heterocycles. The molecule has 1 N–H and O–H groups in total. The number of hydrogen-bond donors (Lipinski definition) is 1. The van der Waals surface area contributed by atoms with Gasteiger partial charge in [0.2, 0.25) is 0 Å². The Morgan fingerprint density at radius 1 is 1.26 bits per heavy atom. The Labute approximate surface area is 116 Å². The molecule has 1 aromatic rings. The standard InChI is InChI=1S/C17H23NO/c1-5-17(14(2)3)15(4)18(11-12-19)13-16-9-7-6-8-10-16/h5-10,19H,2,4,11-13H2,1,3H3/b17-5+. The number of nitrogens with zero attached hydrogens (tertiary/aromatic N) is 1. The zero-order chi connectivity index (χ0) is 14.3. The minimum absolute atomic E-state index is 0.110. The van der Waals surface area contributed by atoms with Gasteiger partial charge in [-0.05, 0) is 30.6 Å². The minimum atomic E-state index is 0.110. The van der Waals surface area contributed by atoms with E-state index >= 15 is 0 Å². The van der Waals surface area contributed by atoms with Crippen molar-refractivity contribution in [2.24, 2.45) is 0 Å². The van der Waals surface area contributed by atoms with Gasteiger partial charge in [0.05, 0.1) is 6.61 Å². The summed E-state index contributed by atoms with van der Waals surface area (Å²) in [5.74, 6) is 0. The van der Waals surface area contributed by atoms with Gasteiger partial charge in [0.15, 0.2) is 0 Å². The SMILES string of the molecule is C=C(C)/C(=C\C)C(=C)N(CCO)Cc1ccccc1. The van der Waals surface area contributed by atoms with Crippen LogP contribution in [0.3, 0.4) is 0 Å². The molecule has 0 aliphatic heterocycles. The summed E-state index contributed by atoms with van der Waals surface area (Å²) >= 11 is 0. The number of benzene rings is 1. The van der Waals surface area contributed by atoms with E-state index in [0.29, 0.717) is 6.54 Å². The highest BCUT2D eigenvalue weighted by Crippen LogP contribution is 2.21. The van der Waals surface area contributed by atoms with Crippen molar-refractivity contribution < 1.29 is 5.11 Å². The first-order valence-corrected chi connectivity index (χ1v) is 6.51. The molecule has 1 rings (SSSR count). The van der Waals surface area contributed by atoms with Crippen LogP contribution < -0.4 is 0 Å². The Morgan fingerprint density at radius 2 is 1.89 bits per heavy atom. The van der Waals surface area contributed by atoms with Gasteiger partial charge in [0, 0.05) is 18.8 Å². The largest absolute Gasteiger partial charge is 0.395 e. The predicted molar refractivity (Wildman–Crippen MR) is 81.6 cm³/mol. The summed E-state index contributed by atoms with van der Waals surface area (Å²) in [6.07, 6.45) is 2.01. The lowest BCUT2D eigenvalue weighted by Crippen LogP contribution is -2.26. The van der Waals surface area contributed by atoms with Gasteiger partial charge in [-0.3, -0.25) is 0 Å². The van der Waals surface area contributed by atoms with E-state index in [1.54, 1.807) is 0 Å². The smallest absolute Gasteiger partial charge is 0.0606 e. The topological polar surface area (TPSA) is 23.5 Å². The second-order valence-electron chi connectivity index (χ2n) is 4.56. The van der Waals surface area contributed by atoms with E-state index in [9.17, 15) is 5.11 Å². The molecule has 2 heteroatoms. The number of allylic oxidation sites excluding steroid dienone is 2. The molecule has 0 fully saturated rings. The summed E-state index contributed by atoms with van der Waals surface area (Å²) in [6.45, 7) is 13.5. The van der Waals surface area contributed by atoms with Crippen LogP contribution in [-0.4, -0.2) is 23.2 Å². The molecule has 0 aromatic heterocycles. The third-order valence-electron chi connectivity index (χ3n) is 3.03. The molecule has 0 saturated heterocycles. The molecule has 0 unspecified atom stereocenters. The van der Waals surface area contributed by atoms with E-state index in [-0.39, 0.29) is 6.61 Å². The van der Waals surface area contributed by atoms with Gasteiger partial charge in [-0.2, -0.15) is 0 Å². The van der Waals surface area contributed by atoms with Crippen molar-refractivity contribution in [2.45, 2.75) is 20.4 Å². The van der Waals surface area contributed by atoms with Gasteiger partial charge in [-0.1, -0.05) is 49.6 Å². The maximum absolute atomic E-state index is 9.23. The third kappa shape index (κ3) is 4.42. The first-order chi connectivity index (χ1) is 9.10. The van der Waals surface area contributed by atoms with E-state index < -0.39 is 0 Å². The fourth-order valence-electron chi connectivity index (χ4n) is 2.06. The number of aliphatic hydroxyl groups is 1. The van der Waals surface area contributed by atoms with Gasteiger partial charge in [0.25, 0.3) is 0 Å². The molecule has 0 bridgehead atoms. The maximum atomic E-state index is 9.23. The van der Waals surface area contributed by atoms with Gasteiger partial charge in [-0.25, -0.2) is 0 Å². The average Bonchev–Trinajstić information content (AvgIpc) is 2.39. The molecule has 2 nitrogen and oxygen atoms in total. The Bertz CT molecular complexity index is 459. The molecule has 0 aliphatic rings. The first-order valence-electron chi connectivity index (χ1n) is 6.51. The van der Waals surface area contributed by atoms with Gasteiger partial charge < -0.3 is 10.0 Å². The molecule has 102 valence electrons. The highest BCUT2D eigenvalue weighted by molar-refractivity contribution is 5.42. The third-order valence-corrected chi connectivity index (χ3v) is 3.03. The van der Waals surface area contributed by atoms with Crippen LogP contribution in [0.4, 0.5) is 0 Å². The number of rotatable bonds is 7. The highest BCUT2D eigenvalue weighted by atomic mass is 16.3. The zero-order valence-corrected chi connectivity index (χ0v) is 11.9. The summed E-state index contributed by atoms with van der Waals surface area (Å²) in [4.78, 5) is 2.08. The predicted octanol–water partition coefficient (Wildman–Crippen LogP) is 3.52. The molecule has 0 radical (unpaired) electrons. The van der Waals surface area contributed by atoms with Gasteiger partial charge in [0.1, 0.15) is 0 Å². The Balaban J connectivity index is 2.88. The molecule has 0 spiro atoms. The van der Waals surface area contributed by atoms with E-state index in [4.69, 9.17) is 0 Å². The van der Waals surface area contributed by atoms with Crippen LogP contribution in [0, 0.1) is 0 Å². The summed E-state index contributed by atoms with van der Waals surface area (Å²) < 4.78 is 0. The Hall–Kier alpha value is -1.80. The monoisotopic (exact) mass is 257 g/mol. The Morgan fingerprint density at radius 3 is 2.37 bits per heavy atom. The second-order valence-corrected chi connectivity index (χ2v) is 4.56. The van der Waals surface area contributed by atoms with Gasteiger partial charge >= 0.3 is 0 Å². The molecule has 0 aliphatic carbocycles. The quantitative estimate of drug-likeness (QED) is 0.755. The lowest BCUT2D eigenvalue weighted by atomic mass is 10.0. The number of hydrogen-bond acceptors (Lipinski definition) is 2. The maximum Gasteiger partial charge on any atom is 0.0606 e. The molecule has 19 heavy (non-hydrogen) atoms. The van der Waals surface area contributed by atoms with Crippen molar-refractivity contribution in [1.82, 2.24) is 4.90 Å². The van der Waals surface area contributed by atoms with E-state index in [2.05, 4.69) is 30.2 Å². The van der Waals surface area contributed by atoms with Crippen molar-refractivity contribution in [2.75, 3.05) is 13.2 Å². The lowest BCUT2D eigenvalue weighted by Gasteiger charge is -2.28. The molecular weight excluding hydrogens is 234 g/mol. The van der Waals surface area contributed by atoms with E-state index in [1.165, 1.54) is 5.56 Å². The first kappa shape index (κ1) is 15.3. The summed E-state index contributed by atoms with van der Waals surface area (Å²) in [7, 11) is 0. The summed E-state index contributed by atoms with van der Waals surface area (Å²) in [5, 5.41) is 9.23. The Kier molecular flexibility index (Phi) is 6.10. The minimum Gasteiger partial charge on any atom is -0.395 e. The van der Waals surface area contributed by atoms with Crippen LogP contribution in [0.15, 0.2) is 66.4 Å². The van der Waals surface area contributed by atoms with Crippen LogP contribution >= 0.6 is 0 Å². The second kappa shape index (κ2) is 7.59. The summed E-state index contributed by atoms with van der Waals surface area (Å²) in [6, 6.07) is 10.2. The van der Waals surface area contributed by atoms with Crippen molar-refractivity contribution in [3.8, 4) is 0 Å². The zero-order valence-electron chi connectivity index (χ0n) is 11.9. The van der Waals surface area contributed by atoms with Crippen LogP contribution in [0.5, 0.6) is 0 Å². The van der Waals surface area contributed by atoms with Crippen LogP contribution in [0.1, 0.15) is 19.4 Å². The van der Waals surface area contributed by atoms with E-state index in [0.717, 1.165) is 23.4 Å². The van der Waals surface area contributed by atoms with Crippen molar-refractivity contribution >= 4 is 0 Å². The number of aliphatic hydroxyl groups excluding tert-OH is 1. The van der Waals surface area contributed by atoms with Crippen molar-refractivity contribution in [3.05, 3.63) is 72.0 Å². The van der Waals surface area contributed by atoms with Gasteiger partial charge in [-0.15, -0.1) is 0 Å². The molecular formula is C17H23NO. The average molecular weight is 257 g/mol. The molecule has 0 atom stereocenters. The molecule has 1 aromatic carbocycles. The normalized spacial score (nSPS) is 11.2. The van der Waals surface area contributed by atoms with Crippen molar-refractivity contribution in [1.29, 1.82) is 0 Å². The van der Waals surface area contributed by atoms with E-state index in [1.807, 2.05) is 38.1 Å². The fourth-order valence-corrected chi connectivity index (χ4v) is 2.06. The molecule has 0 saturated carbocycles. The lowest BCUT2D eigenvalue weighted by molar-refractivity contribution is 0.225. The van der Waals surface area contributed by atoms with Crippen molar-refractivity contribution in [3.63, 3.8) is 0 Å². The molecule has 0 amide bonds. The van der Waals surface area contributed by atoms with Crippen LogP contribution in [0.25, 0.3) is 0 Å². The highest BCUT2D eigenvalue weighted by Gasteiger charge is 2.12. The van der Waals surface area contributed by atoms with Crippen LogP contribution in [0.2, 0.25) is 0 Å².